The van der Waals surface area contributed by atoms with Gasteiger partial charge in [0, 0.05) is 37.6 Å². The zero-order chi connectivity index (χ0) is 22.7. The van der Waals surface area contributed by atoms with Crippen molar-refractivity contribution in [3.63, 3.8) is 0 Å². The van der Waals surface area contributed by atoms with E-state index in [4.69, 9.17) is 9.47 Å². The summed E-state index contributed by atoms with van der Waals surface area (Å²) < 4.78 is 10.9. The molecule has 1 N–H and O–H groups in total. The van der Waals surface area contributed by atoms with Gasteiger partial charge in [-0.05, 0) is 67.1 Å². The number of amides is 1. The fraction of sp³-hybridized carbons (Fsp3) is 0.423. The predicted molar refractivity (Wildman–Crippen MR) is 127 cm³/mol. The van der Waals surface area contributed by atoms with Gasteiger partial charge in [0.15, 0.2) is 11.5 Å². The van der Waals surface area contributed by atoms with Crippen molar-refractivity contribution in [2.24, 2.45) is 5.92 Å². The van der Waals surface area contributed by atoms with Crippen LogP contribution in [0.2, 0.25) is 0 Å². The Balaban J connectivity index is 1.69. The van der Waals surface area contributed by atoms with Gasteiger partial charge in [0.05, 0.1) is 19.9 Å². The van der Waals surface area contributed by atoms with Crippen LogP contribution in [0.5, 0.6) is 11.5 Å². The normalized spacial score (nSPS) is 21.9. The van der Waals surface area contributed by atoms with Crippen molar-refractivity contribution < 1.29 is 14.3 Å². The molecule has 0 radical (unpaired) electrons. The highest BCUT2D eigenvalue weighted by atomic mass is 16.5. The summed E-state index contributed by atoms with van der Waals surface area (Å²) in [6, 6.07) is 5.84. The average molecular weight is 436 g/mol. The first-order chi connectivity index (χ1) is 15.5. The highest BCUT2D eigenvalue weighted by Crippen LogP contribution is 2.37. The molecular formula is C26H33N3O3. The Hall–Kier alpha value is -2.99. The van der Waals surface area contributed by atoms with Crippen LogP contribution in [0.25, 0.3) is 5.57 Å². The van der Waals surface area contributed by atoms with Crippen LogP contribution in [0.15, 0.2) is 59.6 Å². The Morgan fingerprint density at radius 3 is 2.66 bits per heavy atom. The van der Waals surface area contributed by atoms with Gasteiger partial charge >= 0.3 is 0 Å². The maximum Gasteiger partial charge on any atom is 0.255 e. The highest BCUT2D eigenvalue weighted by Gasteiger charge is 2.27. The van der Waals surface area contributed by atoms with E-state index in [2.05, 4.69) is 36.2 Å². The molecule has 170 valence electrons. The maximum absolute atomic E-state index is 13.5. The number of ether oxygens (including phenoxy) is 2. The lowest BCUT2D eigenvalue weighted by Gasteiger charge is -2.33. The summed E-state index contributed by atoms with van der Waals surface area (Å²) in [4.78, 5) is 17.7. The molecule has 1 aromatic carbocycles. The quantitative estimate of drug-likeness (QED) is 0.777. The molecule has 6 heteroatoms. The molecule has 1 atom stereocenters. The molecule has 1 unspecified atom stereocenters. The number of rotatable bonds is 4. The van der Waals surface area contributed by atoms with Crippen molar-refractivity contribution in [1.82, 2.24) is 15.1 Å². The molecule has 6 nitrogen and oxygen atoms in total. The maximum atomic E-state index is 13.5. The Kier molecular flexibility index (Phi) is 6.70. The summed E-state index contributed by atoms with van der Waals surface area (Å²) in [5, 5.41) is 3.45. The molecule has 1 aromatic rings. The number of carbonyl (C=O) groups is 1. The van der Waals surface area contributed by atoms with Gasteiger partial charge in [-0.25, -0.2) is 0 Å². The van der Waals surface area contributed by atoms with Gasteiger partial charge in [0.2, 0.25) is 0 Å². The Bertz CT molecular complexity index is 998. The van der Waals surface area contributed by atoms with E-state index >= 15 is 0 Å². The molecule has 1 saturated heterocycles. The van der Waals surface area contributed by atoms with Crippen molar-refractivity contribution in [3.05, 3.63) is 65.2 Å². The molecule has 0 aliphatic carbocycles. The van der Waals surface area contributed by atoms with E-state index in [1.807, 2.05) is 29.3 Å². The fourth-order valence-corrected chi connectivity index (χ4v) is 4.59. The standard InChI is InChI=1S/C26H33N3O3/c1-18-6-8-23-19(2)14-21(28-12-5-10-27-11-13-28)17-29(23)26(30)16-22(18)20-7-9-24(31-3)25(15-20)32-4/h7-9,14-18,27H,5-6,10-13H2,1-4H3. The van der Waals surface area contributed by atoms with Crippen LogP contribution in [0.1, 0.15) is 32.3 Å². The monoisotopic (exact) mass is 435 g/mol. The summed E-state index contributed by atoms with van der Waals surface area (Å²) in [5.41, 5.74) is 5.20. The van der Waals surface area contributed by atoms with Crippen molar-refractivity contribution in [3.8, 4) is 11.5 Å². The molecule has 4 rings (SSSR count). The van der Waals surface area contributed by atoms with Gasteiger partial charge in [-0.15, -0.1) is 0 Å². The molecule has 0 saturated carbocycles. The minimum atomic E-state index is -0.0227. The van der Waals surface area contributed by atoms with Crippen LogP contribution < -0.4 is 14.8 Å². The van der Waals surface area contributed by atoms with Crippen molar-refractivity contribution >= 4 is 11.5 Å². The van der Waals surface area contributed by atoms with Gasteiger partial charge < -0.3 is 19.7 Å². The van der Waals surface area contributed by atoms with E-state index in [9.17, 15) is 4.79 Å². The van der Waals surface area contributed by atoms with Gasteiger partial charge in [-0.1, -0.05) is 19.1 Å². The second kappa shape index (κ2) is 9.65. The zero-order valence-corrected chi connectivity index (χ0v) is 19.5. The minimum Gasteiger partial charge on any atom is -0.493 e. The van der Waals surface area contributed by atoms with E-state index < -0.39 is 0 Å². The summed E-state index contributed by atoms with van der Waals surface area (Å²) in [6.07, 6.45) is 10.1. The Morgan fingerprint density at radius 2 is 1.88 bits per heavy atom. The number of nitrogens with zero attached hydrogens (tertiary/aromatic N) is 2. The Morgan fingerprint density at radius 1 is 1.06 bits per heavy atom. The number of fused-ring (bicyclic) bond motifs is 1. The van der Waals surface area contributed by atoms with Crippen molar-refractivity contribution in [1.29, 1.82) is 0 Å². The molecule has 1 amide bonds. The highest BCUT2D eigenvalue weighted by molar-refractivity contribution is 5.98. The molecule has 0 aromatic heterocycles. The number of allylic oxidation sites excluding steroid dienone is 4. The summed E-state index contributed by atoms with van der Waals surface area (Å²) in [7, 11) is 3.26. The smallest absolute Gasteiger partial charge is 0.255 e. The van der Waals surface area contributed by atoms with Crippen LogP contribution in [-0.2, 0) is 4.79 Å². The van der Waals surface area contributed by atoms with Crippen molar-refractivity contribution in [2.45, 2.75) is 26.7 Å². The lowest BCUT2D eigenvalue weighted by Crippen LogP contribution is -2.33. The zero-order valence-electron chi connectivity index (χ0n) is 19.5. The average Bonchev–Trinajstić information content (AvgIpc) is 3.09. The molecule has 0 bridgehead atoms. The third kappa shape index (κ3) is 4.46. The lowest BCUT2D eigenvalue weighted by molar-refractivity contribution is -0.122. The van der Waals surface area contributed by atoms with Gasteiger partial charge in [0.25, 0.3) is 5.91 Å². The first-order valence-electron chi connectivity index (χ1n) is 11.4. The second-order valence-corrected chi connectivity index (χ2v) is 8.58. The second-order valence-electron chi connectivity index (χ2n) is 8.58. The number of benzene rings is 1. The molecule has 3 aliphatic rings. The predicted octanol–water partition coefficient (Wildman–Crippen LogP) is 3.94. The number of nitrogens with one attached hydrogen (secondary N) is 1. The first-order valence-corrected chi connectivity index (χ1v) is 11.4. The van der Waals surface area contributed by atoms with Gasteiger partial charge in [-0.3, -0.25) is 9.69 Å². The SMILES string of the molecule is COc1ccc(C2=CC(=O)N3C=C(N4CCCNCC4)C=C(C)C3=CCC2C)cc1OC. The van der Waals surface area contributed by atoms with Crippen molar-refractivity contribution in [2.75, 3.05) is 40.4 Å². The summed E-state index contributed by atoms with van der Waals surface area (Å²) >= 11 is 0. The molecule has 3 heterocycles. The van der Waals surface area contributed by atoms with Crippen LogP contribution in [0, 0.1) is 5.92 Å². The number of hydrogen-bond acceptors (Lipinski definition) is 5. The van der Waals surface area contributed by atoms with E-state index in [-0.39, 0.29) is 11.8 Å². The summed E-state index contributed by atoms with van der Waals surface area (Å²) in [5.74, 6) is 1.52. The van der Waals surface area contributed by atoms with Crippen LogP contribution >= 0.6 is 0 Å². The molecule has 0 spiro atoms. The van der Waals surface area contributed by atoms with Crippen LogP contribution in [-0.4, -0.2) is 56.1 Å². The van der Waals surface area contributed by atoms with Gasteiger partial charge in [-0.2, -0.15) is 0 Å². The minimum absolute atomic E-state index is 0.0227. The van der Waals surface area contributed by atoms with Crippen LogP contribution in [0.4, 0.5) is 0 Å². The largest absolute Gasteiger partial charge is 0.493 e. The molecule has 3 aliphatic heterocycles. The molecule has 1 fully saturated rings. The molecule has 32 heavy (non-hydrogen) atoms. The molecular weight excluding hydrogens is 402 g/mol. The third-order valence-electron chi connectivity index (χ3n) is 6.42. The topological polar surface area (TPSA) is 54.0 Å². The number of carbonyl (C=O) groups excluding carboxylic acids is 1. The number of hydrogen-bond donors (Lipinski definition) is 1. The van der Waals surface area contributed by atoms with Gasteiger partial charge in [0.1, 0.15) is 0 Å². The lowest BCUT2D eigenvalue weighted by atomic mass is 9.88. The fourth-order valence-electron chi connectivity index (χ4n) is 4.59. The van der Waals surface area contributed by atoms with E-state index in [0.717, 1.165) is 67.1 Å². The number of methoxy groups -OCH3 is 2. The Labute approximate surface area is 190 Å². The van der Waals surface area contributed by atoms with E-state index in [0.29, 0.717) is 11.5 Å². The van der Waals surface area contributed by atoms with E-state index in [1.165, 1.54) is 0 Å². The van der Waals surface area contributed by atoms with Crippen LogP contribution in [0.3, 0.4) is 0 Å². The first kappa shape index (κ1) is 22.2. The van der Waals surface area contributed by atoms with E-state index in [1.54, 1.807) is 20.3 Å². The summed E-state index contributed by atoms with van der Waals surface area (Å²) in [6.45, 7) is 8.20. The third-order valence-corrected chi connectivity index (χ3v) is 6.42.